The minimum Gasteiger partial charge on any atom is -0.492 e. The van der Waals surface area contributed by atoms with Crippen LogP contribution in [0.2, 0.25) is 0 Å². The van der Waals surface area contributed by atoms with Crippen LogP contribution in [0.15, 0.2) is 48.7 Å². The predicted octanol–water partition coefficient (Wildman–Crippen LogP) is 2.94. The Labute approximate surface area is 114 Å². The van der Waals surface area contributed by atoms with Crippen LogP contribution in [-0.4, -0.2) is 29.2 Å². The summed E-state index contributed by atoms with van der Waals surface area (Å²) in [5, 5.41) is 0. The molecule has 0 N–H and O–H groups in total. The Bertz CT molecular complexity index is 521. The van der Waals surface area contributed by atoms with Gasteiger partial charge in [0.15, 0.2) is 0 Å². The Balaban J connectivity index is 1.54. The van der Waals surface area contributed by atoms with E-state index in [9.17, 15) is 0 Å². The molecule has 0 amide bonds. The number of hydrogen-bond donors (Lipinski definition) is 0. The molecule has 100 valence electrons. The second kappa shape index (κ2) is 5.49. The zero-order valence-corrected chi connectivity index (χ0v) is 11.3. The highest BCUT2D eigenvalue weighted by atomic mass is 16.5. The highest BCUT2D eigenvalue weighted by molar-refractivity contribution is 5.21. The van der Waals surface area contributed by atoms with Crippen molar-refractivity contribution in [3.8, 4) is 5.75 Å². The lowest BCUT2D eigenvalue weighted by atomic mass is 10.1. The van der Waals surface area contributed by atoms with Crippen molar-refractivity contribution in [2.75, 3.05) is 19.7 Å². The number of hydrogen-bond acceptors (Lipinski definition) is 2. The van der Waals surface area contributed by atoms with Crippen LogP contribution in [0.5, 0.6) is 5.75 Å². The highest BCUT2D eigenvalue weighted by Gasteiger charge is 2.22. The Morgan fingerprint density at radius 1 is 1.11 bits per heavy atom. The molecule has 3 nitrogen and oxygen atoms in total. The van der Waals surface area contributed by atoms with Crippen molar-refractivity contribution in [3.05, 3.63) is 54.4 Å². The summed E-state index contributed by atoms with van der Waals surface area (Å²) in [6.07, 6.45) is 2.17. The van der Waals surface area contributed by atoms with E-state index in [1.54, 1.807) is 0 Å². The fourth-order valence-corrected chi connectivity index (χ4v) is 2.73. The average molecular weight is 256 g/mol. The van der Waals surface area contributed by atoms with Crippen LogP contribution in [-0.2, 0) is 6.54 Å². The molecule has 1 aromatic heterocycles. The second-order valence-corrected chi connectivity index (χ2v) is 5.00. The Hall–Kier alpha value is -1.74. The molecule has 1 aromatic carbocycles. The molecule has 2 aromatic rings. The van der Waals surface area contributed by atoms with Gasteiger partial charge in [-0.05, 0) is 31.2 Å². The van der Waals surface area contributed by atoms with Crippen LogP contribution < -0.4 is 4.74 Å². The number of benzene rings is 1. The van der Waals surface area contributed by atoms with Crippen molar-refractivity contribution in [3.63, 3.8) is 0 Å². The first-order chi connectivity index (χ1) is 9.34. The molecule has 2 heterocycles. The normalized spacial score (nSPS) is 19.1. The maximum Gasteiger partial charge on any atom is 0.119 e. The molecule has 3 rings (SSSR count). The van der Waals surface area contributed by atoms with Gasteiger partial charge in [0.2, 0.25) is 0 Å². The predicted molar refractivity (Wildman–Crippen MR) is 76.4 cm³/mol. The minimum absolute atomic E-state index is 0.475. The molecule has 0 saturated carbocycles. The molecule has 1 aliphatic heterocycles. The van der Waals surface area contributed by atoms with Gasteiger partial charge in [0.05, 0.1) is 0 Å². The largest absolute Gasteiger partial charge is 0.492 e. The van der Waals surface area contributed by atoms with Crippen molar-refractivity contribution in [1.29, 1.82) is 0 Å². The molecule has 0 spiro atoms. The molecule has 1 unspecified atom stereocenters. The van der Waals surface area contributed by atoms with Crippen LogP contribution in [0.4, 0.5) is 0 Å². The van der Waals surface area contributed by atoms with Gasteiger partial charge in [0.1, 0.15) is 12.4 Å². The van der Waals surface area contributed by atoms with E-state index in [0.29, 0.717) is 6.04 Å². The van der Waals surface area contributed by atoms with Gasteiger partial charge in [-0.15, -0.1) is 0 Å². The standard InChI is InChI=1S/C16H20N2O/c1-14-16-8-5-9-18(16)11-10-17(14)12-13-19-15-6-3-2-4-7-15/h2-9,14H,10-13H2,1H3. The van der Waals surface area contributed by atoms with Crippen LogP contribution in [0.1, 0.15) is 18.7 Å². The van der Waals surface area contributed by atoms with Crippen molar-refractivity contribution in [2.24, 2.45) is 0 Å². The minimum atomic E-state index is 0.475. The molecule has 0 bridgehead atoms. The van der Waals surface area contributed by atoms with E-state index in [0.717, 1.165) is 32.0 Å². The smallest absolute Gasteiger partial charge is 0.119 e. The van der Waals surface area contributed by atoms with Gasteiger partial charge in [0, 0.05) is 37.6 Å². The third-order valence-corrected chi connectivity index (χ3v) is 3.86. The van der Waals surface area contributed by atoms with E-state index >= 15 is 0 Å². The lowest BCUT2D eigenvalue weighted by Gasteiger charge is -2.34. The molecule has 1 atom stereocenters. The maximum absolute atomic E-state index is 5.78. The summed E-state index contributed by atoms with van der Waals surface area (Å²) >= 11 is 0. The summed E-state index contributed by atoms with van der Waals surface area (Å²) in [5.41, 5.74) is 1.41. The summed E-state index contributed by atoms with van der Waals surface area (Å²) < 4.78 is 8.12. The fraction of sp³-hybridized carbons (Fsp3) is 0.375. The number of aromatic nitrogens is 1. The number of nitrogens with zero attached hydrogens (tertiary/aromatic N) is 2. The summed E-state index contributed by atoms with van der Waals surface area (Å²) in [6.45, 7) is 6.17. The first kappa shape index (κ1) is 12.3. The number of ether oxygens (including phenoxy) is 1. The van der Waals surface area contributed by atoms with E-state index in [1.165, 1.54) is 5.69 Å². The molecule has 0 saturated heterocycles. The molecular formula is C16H20N2O. The molecule has 1 aliphatic rings. The molecule has 0 fully saturated rings. The molecule has 19 heavy (non-hydrogen) atoms. The number of para-hydroxylation sites is 1. The first-order valence-corrected chi connectivity index (χ1v) is 6.91. The summed E-state index contributed by atoms with van der Waals surface area (Å²) in [5.74, 6) is 0.954. The van der Waals surface area contributed by atoms with E-state index in [-0.39, 0.29) is 0 Å². The van der Waals surface area contributed by atoms with Gasteiger partial charge < -0.3 is 9.30 Å². The molecule has 0 aliphatic carbocycles. The van der Waals surface area contributed by atoms with Gasteiger partial charge in [0.25, 0.3) is 0 Å². The number of fused-ring (bicyclic) bond motifs is 1. The summed E-state index contributed by atoms with van der Waals surface area (Å²) in [4.78, 5) is 2.48. The Kier molecular flexibility index (Phi) is 3.56. The van der Waals surface area contributed by atoms with E-state index < -0.39 is 0 Å². The topological polar surface area (TPSA) is 17.4 Å². The van der Waals surface area contributed by atoms with Gasteiger partial charge in [-0.2, -0.15) is 0 Å². The van der Waals surface area contributed by atoms with Crippen LogP contribution in [0.25, 0.3) is 0 Å². The quantitative estimate of drug-likeness (QED) is 0.837. The Morgan fingerprint density at radius 3 is 2.79 bits per heavy atom. The van der Waals surface area contributed by atoms with Crippen molar-refractivity contribution < 1.29 is 4.74 Å². The van der Waals surface area contributed by atoms with E-state index in [4.69, 9.17) is 4.74 Å². The third-order valence-electron chi connectivity index (χ3n) is 3.86. The summed E-state index contributed by atoms with van der Waals surface area (Å²) in [6, 6.07) is 14.9. The molecular weight excluding hydrogens is 236 g/mol. The molecule has 0 radical (unpaired) electrons. The Morgan fingerprint density at radius 2 is 1.95 bits per heavy atom. The van der Waals surface area contributed by atoms with Crippen LogP contribution >= 0.6 is 0 Å². The fourth-order valence-electron chi connectivity index (χ4n) is 2.73. The van der Waals surface area contributed by atoms with Gasteiger partial charge in [-0.3, -0.25) is 4.90 Å². The zero-order valence-electron chi connectivity index (χ0n) is 11.3. The average Bonchev–Trinajstić information content (AvgIpc) is 2.92. The van der Waals surface area contributed by atoms with Crippen molar-refractivity contribution >= 4 is 0 Å². The highest BCUT2D eigenvalue weighted by Crippen LogP contribution is 2.24. The SMILES string of the molecule is CC1c2cccn2CCN1CCOc1ccccc1. The third kappa shape index (κ3) is 2.66. The van der Waals surface area contributed by atoms with Gasteiger partial charge in [-0.1, -0.05) is 18.2 Å². The van der Waals surface area contributed by atoms with E-state index in [2.05, 4.69) is 34.7 Å². The lowest BCUT2D eigenvalue weighted by Crippen LogP contribution is -2.38. The molecule has 3 heteroatoms. The monoisotopic (exact) mass is 256 g/mol. The van der Waals surface area contributed by atoms with Crippen molar-refractivity contribution in [1.82, 2.24) is 9.47 Å². The van der Waals surface area contributed by atoms with Crippen molar-refractivity contribution in [2.45, 2.75) is 19.5 Å². The maximum atomic E-state index is 5.78. The second-order valence-electron chi connectivity index (χ2n) is 5.00. The first-order valence-electron chi connectivity index (χ1n) is 6.91. The number of rotatable bonds is 4. The van der Waals surface area contributed by atoms with Crippen LogP contribution in [0.3, 0.4) is 0 Å². The van der Waals surface area contributed by atoms with E-state index in [1.807, 2.05) is 30.3 Å². The van der Waals surface area contributed by atoms with Crippen LogP contribution in [0, 0.1) is 0 Å². The van der Waals surface area contributed by atoms with Gasteiger partial charge >= 0.3 is 0 Å². The van der Waals surface area contributed by atoms with Gasteiger partial charge in [-0.25, -0.2) is 0 Å². The zero-order chi connectivity index (χ0) is 13.1. The lowest BCUT2D eigenvalue weighted by molar-refractivity contribution is 0.139. The summed E-state index contributed by atoms with van der Waals surface area (Å²) in [7, 11) is 0.